The summed E-state index contributed by atoms with van der Waals surface area (Å²) >= 11 is 0. The number of carbonyl (C=O) groups is 13. The topological polar surface area (TPSA) is 413 Å². The van der Waals surface area contributed by atoms with Crippen molar-refractivity contribution in [1.29, 1.82) is 0 Å². The number of carboxylic acid groups (broad SMARTS) is 1. The Hall–Kier alpha value is -8.21. The van der Waals surface area contributed by atoms with Crippen molar-refractivity contribution in [2.45, 2.75) is 280 Å². The Balaban J connectivity index is 0.00000146. The zero-order valence-electron chi connectivity index (χ0n) is 72.5. The number of rotatable bonds is 13. The summed E-state index contributed by atoms with van der Waals surface area (Å²) in [5, 5.41) is 28.0. The van der Waals surface area contributed by atoms with Crippen molar-refractivity contribution in [3.63, 3.8) is 0 Å². The standard InChI is InChI=1S/C19H26N2O6.C18H26N2O5.C12H22N2O3P2.C12H19NO6.C11H19NO4.C7H14N2OP2.5CH4/c1-18(2,3)27-17(24)21-12-6-11-19(21,16(23)26-5)15(22)20-13-7-9-14(25-4)10-8-13;1-17(2,3)25-16(23)20-11-5-10-18(20,12-21)15(22)19-13-6-8-14(24-4)9-7-13;1-11(2,3)17-10(16)13-7-5-6-12(13)8-14(9(12)15)19(4)18;1-11(2,3)19-10(17)13-7-5-6-12(13,8(14)15)9(16)18-4;1-11(2,3)16-10(14)12-7-5-6-8(12)9(13)15-4;1-12(11)9-5-7(6(9)10)3-2-4-8-7;;;;;/h7-10H,6,11-12H2,1-5H3,(H,20,22);6-9,21H,5,10-12H2,1-4H3,(H,19,22);5-8,18H2,1-4H3;5-7H2,1-4H3,(H,14,15);8H,5-7H2,1-4H3;8H,2-5,11H2,1H3;5*1H4/t;;;;8-;;;;;;/m....0....../s1. The van der Waals surface area contributed by atoms with Crippen LogP contribution in [0.3, 0.4) is 0 Å². The maximum atomic E-state index is 13.1. The van der Waals surface area contributed by atoms with Gasteiger partial charge in [0.05, 0.1) is 55.2 Å². The third kappa shape index (κ3) is 29.2. The fraction of sp³-hybridized carbons (Fsp3) is 0.702. The number of β-lactam (4-membered cyclic amide) rings is 2. The minimum absolute atomic E-state index is 0. The van der Waals surface area contributed by atoms with Crippen LogP contribution in [0.25, 0.3) is 0 Å². The Morgan fingerprint density at radius 1 is 0.463 bits per heavy atom. The number of hydrogen-bond acceptors (Lipinski definition) is 25. The lowest BCUT2D eigenvalue weighted by molar-refractivity contribution is -0.167. The van der Waals surface area contributed by atoms with E-state index in [-0.39, 0.29) is 94.3 Å². The number of methoxy groups -OCH3 is 5. The van der Waals surface area contributed by atoms with Crippen molar-refractivity contribution in [3.8, 4) is 11.5 Å². The lowest BCUT2D eigenvalue weighted by atomic mass is 9.88. The van der Waals surface area contributed by atoms with Crippen molar-refractivity contribution in [3.05, 3.63) is 48.5 Å². The number of hydrogen-bond donors (Lipinski definition) is 5. The second-order valence-corrected chi connectivity index (χ2v) is 42.1. The number of esters is 3. The van der Waals surface area contributed by atoms with Crippen LogP contribution >= 0.6 is 33.4 Å². The predicted molar refractivity (Wildman–Crippen MR) is 482 cm³/mol. The molecule has 8 saturated heterocycles. The van der Waals surface area contributed by atoms with E-state index >= 15 is 0 Å². The average Bonchev–Trinajstić information content (AvgIpc) is 1.65. The Labute approximate surface area is 736 Å². The van der Waals surface area contributed by atoms with Gasteiger partial charge < -0.3 is 82.9 Å². The van der Waals surface area contributed by atoms with Crippen LogP contribution in [-0.2, 0) is 76.3 Å². The van der Waals surface area contributed by atoms with Gasteiger partial charge in [-0.25, -0.2) is 43.2 Å². The normalized spacial score (nSPS) is 22.7. The lowest BCUT2D eigenvalue weighted by Gasteiger charge is -2.52. The Morgan fingerprint density at radius 3 is 1.22 bits per heavy atom. The number of nitrogens with one attached hydrogen (secondary N) is 3. The molecule has 10 atom stereocenters. The van der Waals surface area contributed by atoms with E-state index in [1.54, 1.807) is 144 Å². The molecule has 9 unspecified atom stereocenters. The number of aliphatic hydroxyl groups is 1. The first-order valence-corrected chi connectivity index (χ1v) is 45.8. The number of carboxylic acids is 1. The molecule has 8 aliphatic heterocycles. The number of likely N-dealkylation sites (tertiary alicyclic amines) is 5. The summed E-state index contributed by atoms with van der Waals surface area (Å²) < 4.78 is 54.6. The molecule has 2 aromatic rings. The molecule has 8 heterocycles. The zero-order valence-corrected chi connectivity index (χ0v) is 76.6. The maximum Gasteiger partial charge on any atom is 0.411 e. The third-order valence-corrected chi connectivity index (χ3v) is 23.7. The van der Waals surface area contributed by atoms with Gasteiger partial charge >= 0.3 is 54.3 Å². The first kappa shape index (κ1) is 115. The van der Waals surface area contributed by atoms with E-state index in [0.29, 0.717) is 87.1 Å². The predicted octanol–water partition coefficient (Wildman–Crippen LogP) is 13.9. The molecule has 0 saturated carbocycles. The highest BCUT2D eigenvalue weighted by Crippen LogP contribution is 2.55. The van der Waals surface area contributed by atoms with E-state index in [4.69, 9.17) is 37.9 Å². The highest BCUT2D eigenvalue weighted by atomic mass is 32.0. The zero-order chi connectivity index (χ0) is 89.3. The number of ether oxygens (including phenoxy) is 10. The molecule has 0 aliphatic carbocycles. The van der Waals surface area contributed by atoms with Crippen molar-refractivity contribution in [2.75, 3.05) is 118 Å². The first-order valence-electron chi connectivity index (χ1n) is 39.1. The number of aliphatic carboxylic acids is 1. The molecule has 39 heteroatoms. The molecule has 0 bridgehead atoms. The second kappa shape index (κ2) is 47.4. The molecular formula is C84H146N10O25P4. The fourth-order valence-electron chi connectivity index (χ4n) is 14.2. The van der Waals surface area contributed by atoms with Crippen molar-refractivity contribution < 1.29 is 120 Å². The minimum atomic E-state index is -1.98. The van der Waals surface area contributed by atoms with Crippen LogP contribution in [0.1, 0.15) is 218 Å². The number of benzene rings is 2. The number of amides is 9. The molecule has 8 fully saturated rings. The van der Waals surface area contributed by atoms with E-state index in [0.717, 1.165) is 62.1 Å². The van der Waals surface area contributed by atoms with E-state index < -0.39 is 125 Å². The number of anilines is 2. The summed E-state index contributed by atoms with van der Waals surface area (Å²) in [7, 11) is 11.3. The monoisotopic (exact) mass is 1820 g/mol. The van der Waals surface area contributed by atoms with Crippen LogP contribution in [0.15, 0.2) is 48.5 Å². The van der Waals surface area contributed by atoms with Gasteiger partial charge in [-0.1, -0.05) is 55.0 Å². The largest absolute Gasteiger partial charge is 0.497 e. The van der Waals surface area contributed by atoms with Gasteiger partial charge in [-0.3, -0.25) is 43.7 Å². The molecule has 9 amide bonds. The summed E-state index contributed by atoms with van der Waals surface area (Å²) in [6.45, 7) is 34.5. The van der Waals surface area contributed by atoms with Gasteiger partial charge in [-0.05, 0) is 249 Å². The molecule has 123 heavy (non-hydrogen) atoms. The van der Waals surface area contributed by atoms with Gasteiger partial charge in [0, 0.05) is 59.6 Å². The summed E-state index contributed by atoms with van der Waals surface area (Å²) in [6.07, 6.45) is 4.38. The Bertz CT molecular complexity index is 3880. The molecule has 2 aromatic carbocycles. The fourth-order valence-corrected chi connectivity index (χ4v) is 17.2. The molecule has 35 nitrogen and oxygen atoms in total. The quantitative estimate of drug-likeness (QED) is 0.0409. The molecule has 2 spiro atoms. The molecule has 8 aliphatic rings. The second-order valence-electron chi connectivity index (χ2n) is 34.4. The van der Waals surface area contributed by atoms with Crippen LogP contribution in [0.2, 0.25) is 0 Å². The summed E-state index contributed by atoms with van der Waals surface area (Å²) in [4.78, 5) is 165. The average molecular weight is 1820 g/mol. The van der Waals surface area contributed by atoms with E-state index in [9.17, 15) is 72.5 Å². The number of aliphatic hydroxyl groups excluding tert-OH is 1. The number of nitrogens with zero attached hydrogens (tertiary/aromatic N) is 7. The van der Waals surface area contributed by atoms with Gasteiger partial charge in [0.15, 0.2) is 0 Å². The lowest BCUT2D eigenvalue weighted by Crippen LogP contribution is -2.71. The molecular weight excluding hydrogens is 1670 g/mol. The van der Waals surface area contributed by atoms with E-state index in [2.05, 4.69) is 49.9 Å². The van der Waals surface area contributed by atoms with Crippen LogP contribution < -0.4 is 25.4 Å². The van der Waals surface area contributed by atoms with Gasteiger partial charge in [0.1, 0.15) is 62.2 Å². The molecule has 5 N–H and O–H groups in total. The minimum Gasteiger partial charge on any atom is -0.497 e. The molecule has 702 valence electrons. The molecule has 10 rings (SSSR count). The summed E-state index contributed by atoms with van der Waals surface area (Å²) in [5.74, 6) is -2.88. The van der Waals surface area contributed by atoms with Crippen LogP contribution in [0.4, 0.5) is 35.3 Å². The smallest absolute Gasteiger partial charge is 0.411 e. The van der Waals surface area contributed by atoms with Crippen molar-refractivity contribution in [2.24, 2.45) is 0 Å². The summed E-state index contributed by atoms with van der Waals surface area (Å²) in [6, 6.07) is 13.0. The SMILES string of the molecule is C.C.C.C.C.COC(=O)C1(C(=O)Nc2ccc(OC)cc2)CCCN1C(=O)OC(C)(C)C.COC(=O)C1(C(=O)O)CCCN1C(=O)OC(C)(C)C.COC(=O)[C@@H]1CCCN1C(=O)OC(C)(C)C.COc1ccc(NC(=O)C2(CO)CCCN2C(=O)OC(C)(C)C)cc1.CP(P)N1CC2(CCCN2)C1=O.CP(P)N1CC2(CCCN2C(=O)OC(C)(C)C)C1=O. The Kier molecular flexibility index (Phi) is 44.2. The van der Waals surface area contributed by atoms with Crippen molar-refractivity contribution in [1.82, 2.24) is 39.2 Å². The summed E-state index contributed by atoms with van der Waals surface area (Å²) in [5.41, 5.74) is -8.03. The first-order chi connectivity index (χ1) is 54.7. The third-order valence-electron chi connectivity index (χ3n) is 19.8. The maximum absolute atomic E-state index is 13.1. The highest BCUT2D eigenvalue weighted by Gasteiger charge is 2.63. The van der Waals surface area contributed by atoms with E-state index in [1.165, 1.54) is 31.1 Å². The van der Waals surface area contributed by atoms with Crippen LogP contribution in [0.5, 0.6) is 11.5 Å². The van der Waals surface area contributed by atoms with Gasteiger partial charge in [-0.2, -0.15) is 0 Å². The van der Waals surface area contributed by atoms with Crippen molar-refractivity contribution >= 4 is 123 Å². The molecule has 0 aromatic heterocycles. The van der Waals surface area contributed by atoms with Crippen LogP contribution in [0, 0.1) is 0 Å². The Morgan fingerprint density at radius 2 is 0.837 bits per heavy atom. The van der Waals surface area contributed by atoms with Crippen LogP contribution in [-0.4, -0.2) is 292 Å². The van der Waals surface area contributed by atoms with Gasteiger partial charge in [0.2, 0.25) is 17.0 Å². The highest BCUT2D eigenvalue weighted by molar-refractivity contribution is 8.12. The van der Waals surface area contributed by atoms with Gasteiger partial charge in [0.25, 0.3) is 17.7 Å². The van der Waals surface area contributed by atoms with Gasteiger partial charge in [-0.15, -0.1) is 0 Å². The molecule has 0 radical (unpaired) electrons. The number of carbonyl (C=O) groups excluding carboxylic acids is 12. The van der Waals surface area contributed by atoms with E-state index in [1.807, 2.05) is 36.8 Å².